The van der Waals surface area contributed by atoms with Gasteiger partial charge in [0.15, 0.2) is 0 Å². The quantitative estimate of drug-likeness (QED) is 0.111. The van der Waals surface area contributed by atoms with Gasteiger partial charge in [0, 0.05) is 37.3 Å². The SMILES string of the molecule is Oc1ccccc1CNCCNCc1cc(C(=C(c2ccccc2)c2ccccc2)c2ccccc2)ccc1O. The minimum atomic E-state index is 0.270. The molecule has 200 valence electrons. The highest BCUT2D eigenvalue weighted by atomic mass is 16.3. The molecule has 4 heteroatoms. The van der Waals surface area contributed by atoms with E-state index in [1.165, 1.54) is 0 Å². The van der Waals surface area contributed by atoms with Crippen molar-refractivity contribution in [1.29, 1.82) is 0 Å². The summed E-state index contributed by atoms with van der Waals surface area (Å²) < 4.78 is 0. The van der Waals surface area contributed by atoms with Crippen LogP contribution in [0, 0.1) is 0 Å². The van der Waals surface area contributed by atoms with Gasteiger partial charge in [-0.25, -0.2) is 0 Å². The second-order valence-electron chi connectivity index (χ2n) is 9.67. The van der Waals surface area contributed by atoms with E-state index in [9.17, 15) is 10.2 Å². The number of aromatic hydroxyl groups is 2. The van der Waals surface area contributed by atoms with Gasteiger partial charge < -0.3 is 20.8 Å². The summed E-state index contributed by atoms with van der Waals surface area (Å²) in [4.78, 5) is 0. The molecule has 0 saturated heterocycles. The van der Waals surface area contributed by atoms with Crippen molar-refractivity contribution >= 4 is 11.1 Å². The molecule has 0 unspecified atom stereocenters. The Bertz CT molecular complexity index is 1510. The molecule has 0 atom stereocenters. The van der Waals surface area contributed by atoms with Crippen molar-refractivity contribution in [2.45, 2.75) is 13.1 Å². The molecule has 0 aliphatic heterocycles. The highest BCUT2D eigenvalue weighted by Gasteiger charge is 2.17. The number of para-hydroxylation sites is 1. The summed E-state index contributed by atoms with van der Waals surface area (Å²) in [5.74, 6) is 0.573. The van der Waals surface area contributed by atoms with E-state index >= 15 is 0 Å². The van der Waals surface area contributed by atoms with Crippen LogP contribution in [0.3, 0.4) is 0 Å². The molecule has 0 heterocycles. The first kappa shape index (κ1) is 26.9. The summed E-state index contributed by atoms with van der Waals surface area (Å²) in [5.41, 5.74) is 8.40. The minimum absolute atomic E-state index is 0.270. The van der Waals surface area contributed by atoms with Crippen LogP contribution < -0.4 is 10.6 Å². The van der Waals surface area contributed by atoms with Crippen LogP contribution in [0.4, 0.5) is 0 Å². The van der Waals surface area contributed by atoms with E-state index in [1.807, 2.05) is 42.5 Å². The molecule has 40 heavy (non-hydrogen) atoms. The Morgan fingerprint density at radius 1 is 0.425 bits per heavy atom. The molecule has 0 radical (unpaired) electrons. The Kier molecular flexibility index (Phi) is 9.05. The maximum Gasteiger partial charge on any atom is 0.120 e. The van der Waals surface area contributed by atoms with Gasteiger partial charge in [-0.2, -0.15) is 0 Å². The number of hydrogen-bond donors (Lipinski definition) is 4. The van der Waals surface area contributed by atoms with Gasteiger partial charge >= 0.3 is 0 Å². The Hall–Kier alpha value is -4.64. The molecule has 4 nitrogen and oxygen atoms in total. The van der Waals surface area contributed by atoms with Crippen molar-refractivity contribution in [2.75, 3.05) is 13.1 Å². The van der Waals surface area contributed by atoms with E-state index in [2.05, 4.69) is 89.5 Å². The molecule has 0 spiro atoms. The van der Waals surface area contributed by atoms with E-state index in [1.54, 1.807) is 12.1 Å². The van der Waals surface area contributed by atoms with Crippen LogP contribution in [-0.4, -0.2) is 23.3 Å². The van der Waals surface area contributed by atoms with Crippen LogP contribution in [0.5, 0.6) is 11.5 Å². The van der Waals surface area contributed by atoms with E-state index in [4.69, 9.17) is 0 Å². The Morgan fingerprint density at radius 2 is 0.850 bits per heavy atom. The molecule has 0 amide bonds. The predicted molar refractivity (Wildman–Crippen MR) is 164 cm³/mol. The van der Waals surface area contributed by atoms with E-state index < -0.39 is 0 Å². The fourth-order valence-corrected chi connectivity index (χ4v) is 4.89. The summed E-state index contributed by atoms with van der Waals surface area (Å²) in [6, 6.07) is 44.6. The van der Waals surface area contributed by atoms with Gasteiger partial charge in [0.05, 0.1) is 0 Å². The van der Waals surface area contributed by atoms with Crippen molar-refractivity contribution in [3.63, 3.8) is 0 Å². The molecule has 0 aliphatic carbocycles. The maximum atomic E-state index is 10.7. The fourth-order valence-electron chi connectivity index (χ4n) is 4.89. The summed E-state index contributed by atoms with van der Waals surface area (Å²) in [6.45, 7) is 2.59. The van der Waals surface area contributed by atoms with Gasteiger partial charge in [0.1, 0.15) is 11.5 Å². The van der Waals surface area contributed by atoms with Crippen molar-refractivity contribution < 1.29 is 10.2 Å². The van der Waals surface area contributed by atoms with E-state index in [-0.39, 0.29) is 5.75 Å². The number of phenolic OH excluding ortho intramolecular Hbond substituents is 2. The third-order valence-corrected chi connectivity index (χ3v) is 6.91. The average molecular weight is 527 g/mol. The lowest BCUT2D eigenvalue weighted by molar-refractivity contribution is 0.461. The van der Waals surface area contributed by atoms with Crippen molar-refractivity contribution in [2.24, 2.45) is 0 Å². The third-order valence-electron chi connectivity index (χ3n) is 6.91. The highest BCUT2D eigenvalue weighted by molar-refractivity contribution is 6.04. The molecule has 0 aliphatic rings. The monoisotopic (exact) mass is 526 g/mol. The zero-order valence-corrected chi connectivity index (χ0v) is 22.4. The summed E-state index contributed by atoms with van der Waals surface area (Å²) in [5, 5.41) is 27.5. The molecular formula is C36H34N2O2. The molecule has 5 rings (SSSR count). The van der Waals surface area contributed by atoms with Gasteiger partial charge in [-0.15, -0.1) is 0 Å². The van der Waals surface area contributed by atoms with Gasteiger partial charge in [0.2, 0.25) is 0 Å². The lowest BCUT2D eigenvalue weighted by atomic mass is 9.85. The average Bonchev–Trinajstić information content (AvgIpc) is 3.01. The van der Waals surface area contributed by atoms with Crippen LogP contribution in [0.15, 0.2) is 133 Å². The second-order valence-corrected chi connectivity index (χ2v) is 9.67. The number of phenols is 2. The number of hydrogen-bond acceptors (Lipinski definition) is 4. The van der Waals surface area contributed by atoms with Crippen LogP contribution >= 0.6 is 0 Å². The van der Waals surface area contributed by atoms with Crippen LogP contribution in [0.1, 0.15) is 33.4 Å². The van der Waals surface area contributed by atoms with Crippen LogP contribution in [0.25, 0.3) is 11.1 Å². The summed E-state index contributed by atoms with van der Waals surface area (Å²) in [6.07, 6.45) is 0. The zero-order chi connectivity index (χ0) is 27.6. The van der Waals surface area contributed by atoms with E-state index in [0.717, 1.165) is 57.6 Å². The van der Waals surface area contributed by atoms with Gasteiger partial charge in [0.25, 0.3) is 0 Å². The van der Waals surface area contributed by atoms with Gasteiger partial charge in [-0.1, -0.05) is 115 Å². The van der Waals surface area contributed by atoms with E-state index in [0.29, 0.717) is 18.8 Å². The first-order valence-electron chi connectivity index (χ1n) is 13.6. The standard InChI is InChI=1S/C36H34N2O2/c39-33-19-11-10-18-31(33)25-37-22-23-38-26-32-24-30(20-21-34(32)40)36(29-16-8-3-9-17-29)35(27-12-4-1-5-13-27)28-14-6-2-7-15-28/h1-21,24,37-40H,22-23,25-26H2. The van der Waals surface area contributed by atoms with Crippen LogP contribution in [0.2, 0.25) is 0 Å². The first-order valence-corrected chi connectivity index (χ1v) is 13.6. The first-order chi connectivity index (χ1) is 19.7. The predicted octanol–water partition coefficient (Wildman–Crippen LogP) is 6.98. The Morgan fingerprint density at radius 3 is 1.38 bits per heavy atom. The second kappa shape index (κ2) is 13.4. The lowest BCUT2D eigenvalue weighted by Gasteiger charge is -2.19. The van der Waals surface area contributed by atoms with Crippen LogP contribution in [-0.2, 0) is 13.1 Å². The highest BCUT2D eigenvalue weighted by Crippen LogP contribution is 2.38. The molecule has 0 saturated carbocycles. The third kappa shape index (κ3) is 6.67. The maximum absolute atomic E-state index is 10.7. The topological polar surface area (TPSA) is 64.5 Å². The molecular weight excluding hydrogens is 492 g/mol. The number of rotatable bonds is 11. The zero-order valence-electron chi connectivity index (χ0n) is 22.4. The Labute approximate surface area is 236 Å². The Balaban J connectivity index is 1.43. The normalized spacial score (nSPS) is 10.8. The molecule has 0 fully saturated rings. The number of nitrogens with one attached hydrogen (secondary N) is 2. The molecule has 4 N–H and O–H groups in total. The van der Waals surface area contributed by atoms with Crippen molar-refractivity contribution in [3.8, 4) is 11.5 Å². The summed E-state index contributed by atoms with van der Waals surface area (Å²) >= 11 is 0. The summed E-state index contributed by atoms with van der Waals surface area (Å²) in [7, 11) is 0. The van der Waals surface area contributed by atoms with Gasteiger partial charge in [-0.05, 0) is 51.6 Å². The molecule has 5 aromatic rings. The number of benzene rings is 5. The molecule has 0 bridgehead atoms. The fraction of sp³-hybridized carbons (Fsp3) is 0.111. The minimum Gasteiger partial charge on any atom is -0.508 e. The van der Waals surface area contributed by atoms with Crippen molar-refractivity contribution in [1.82, 2.24) is 10.6 Å². The van der Waals surface area contributed by atoms with Gasteiger partial charge in [-0.3, -0.25) is 0 Å². The molecule has 5 aromatic carbocycles. The molecule has 0 aromatic heterocycles. The largest absolute Gasteiger partial charge is 0.508 e. The lowest BCUT2D eigenvalue weighted by Crippen LogP contribution is -2.26. The van der Waals surface area contributed by atoms with Crippen molar-refractivity contribution in [3.05, 3.63) is 167 Å². The smallest absolute Gasteiger partial charge is 0.120 e.